The van der Waals surface area contributed by atoms with Crippen LogP contribution in [0.4, 0.5) is 4.79 Å². The Labute approximate surface area is 172 Å². The van der Waals surface area contributed by atoms with E-state index in [9.17, 15) is 9.00 Å². The fourth-order valence-corrected chi connectivity index (χ4v) is 8.28. The van der Waals surface area contributed by atoms with Crippen LogP contribution in [0.1, 0.15) is 52.7 Å². The Balaban J connectivity index is 3.10. The van der Waals surface area contributed by atoms with Crippen LogP contribution in [0.15, 0.2) is 47.0 Å². The van der Waals surface area contributed by atoms with Crippen LogP contribution < -0.4 is 4.72 Å². The van der Waals surface area contributed by atoms with Crippen molar-refractivity contribution in [2.45, 2.75) is 65.3 Å². The molecule has 0 aromatic heterocycles. The summed E-state index contributed by atoms with van der Waals surface area (Å²) in [6.07, 6.45) is 1.37. The largest absolute Gasteiger partial charge is 0.441 e. The number of ether oxygens (including phenoxy) is 1. The van der Waals surface area contributed by atoms with Gasteiger partial charge in [-0.05, 0) is 43.0 Å². The highest BCUT2D eigenvalue weighted by Gasteiger charge is 2.38. The van der Waals surface area contributed by atoms with Crippen molar-refractivity contribution in [2.24, 2.45) is 9.95 Å². The van der Waals surface area contributed by atoms with E-state index in [0.717, 1.165) is 5.56 Å². The van der Waals surface area contributed by atoms with Crippen molar-refractivity contribution in [2.75, 3.05) is 5.75 Å². The van der Waals surface area contributed by atoms with E-state index < -0.39 is 30.3 Å². The van der Waals surface area contributed by atoms with Crippen LogP contribution in [0.25, 0.3) is 0 Å². The van der Waals surface area contributed by atoms with Gasteiger partial charge in [-0.25, -0.2) is 13.7 Å². The van der Waals surface area contributed by atoms with Crippen LogP contribution in [0.2, 0.25) is 18.1 Å². The molecule has 1 rings (SSSR count). The molecule has 0 spiro atoms. The maximum atomic E-state index is 13.7. The highest BCUT2D eigenvalue weighted by atomic mass is 32.2. The Hall–Kier alpha value is -1.60. The number of hydrogen-bond donors (Lipinski definition) is 1. The molecule has 0 aliphatic carbocycles. The van der Waals surface area contributed by atoms with Gasteiger partial charge in [0.05, 0.1) is 5.75 Å². The minimum atomic E-state index is -2.96. The van der Waals surface area contributed by atoms with Gasteiger partial charge in [-0.15, -0.1) is 6.58 Å². The van der Waals surface area contributed by atoms with Crippen LogP contribution in [0.5, 0.6) is 0 Å². The van der Waals surface area contributed by atoms with E-state index in [4.69, 9.17) is 8.77 Å². The molecule has 1 aromatic rings. The van der Waals surface area contributed by atoms with Crippen LogP contribution in [0, 0.1) is 5.92 Å². The van der Waals surface area contributed by atoms with Gasteiger partial charge in [0.1, 0.15) is 16.0 Å². The maximum absolute atomic E-state index is 13.7. The first-order valence-corrected chi connectivity index (χ1v) is 14.3. The molecule has 0 saturated heterocycles. The van der Waals surface area contributed by atoms with Gasteiger partial charge < -0.3 is 4.74 Å². The summed E-state index contributed by atoms with van der Waals surface area (Å²) in [5, 5.41) is -0.0831. The molecule has 0 aliphatic heterocycles. The lowest BCUT2D eigenvalue weighted by Gasteiger charge is -2.33. The van der Waals surface area contributed by atoms with Crippen molar-refractivity contribution in [3.05, 3.63) is 48.6 Å². The van der Waals surface area contributed by atoms with Crippen LogP contribution >= 0.6 is 0 Å². The van der Waals surface area contributed by atoms with E-state index in [1.165, 1.54) is 0 Å². The van der Waals surface area contributed by atoms with Gasteiger partial charge in [-0.2, -0.15) is 0 Å². The minimum absolute atomic E-state index is 0.0831. The number of carbonyl (C=O) groups excluding carboxylic acids is 1. The molecule has 1 N–H and O–H groups in total. The second-order valence-corrected chi connectivity index (χ2v) is 16.1. The molecule has 0 aliphatic rings. The molecule has 0 bridgehead atoms. The number of allylic oxidation sites excluding steroid dienone is 1. The average Bonchev–Trinajstić information content (AvgIpc) is 2.53. The molecule has 1 aromatic carbocycles. The van der Waals surface area contributed by atoms with Crippen molar-refractivity contribution < 1.29 is 13.7 Å². The third kappa shape index (κ3) is 7.43. The minimum Gasteiger partial charge on any atom is -0.441 e. The number of rotatable bonds is 8. The summed E-state index contributed by atoms with van der Waals surface area (Å²) < 4.78 is 26.5. The lowest BCUT2D eigenvalue weighted by molar-refractivity contribution is 0.113. The van der Waals surface area contributed by atoms with E-state index in [2.05, 4.69) is 45.2 Å². The normalized spacial score (nSPS) is 16.4. The summed E-state index contributed by atoms with van der Waals surface area (Å²) in [6.45, 7) is 18.0. The first-order valence-electron chi connectivity index (χ1n) is 9.70. The zero-order valence-corrected chi connectivity index (χ0v) is 20.1. The topological polar surface area (TPSA) is 67.8 Å². The number of carbonyl (C=O) groups is 1. The molecular formula is C21H36N2O3SSi. The Morgan fingerprint density at radius 3 is 2.36 bits per heavy atom. The number of nitrogens with zero attached hydrogens (tertiary/aromatic N) is 1. The van der Waals surface area contributed by atoms with Gasteiger partial charge in [0.25, 0.3) is 0 Å². The fourth-order valence-electron chi connectivity index (χ4n) is 2.45. The molecule has 28 heavy (non-hydrogen) atoms. The van der Waals surface area contributed by atoms with E-state index in [-0.39, 0.29) is 16.7 Å². The molecule has 7 heteroatoms. The van der Waals surface area contributed by atoms with E-state index >= 15 is 0 Å². The number of benzene rings is 1. The van der Waals surface area contributed by atoms with E-state index in [1.54, 1.807) is 13.0 Å². The highest BCUT2D eigenvalue weighted by molar-refractivity contribution is 7.93. The first kappa shape index (κ1) is 24.4. The van der Waals surface area contributed by atoms with Gasteiger partial charge in [0.15, 0.2) is 8.24 Å². The van der Waals surface area contributed by atoms with Crippen molar-refractivity contribution >= 4 is 24.2 Å². The second-order valence-electron chi connectivity index (χ2n) is 8.90. The molecule has 3 atom stereocenters. The lowest BCUT2D eigenvalue weighted by Crippen LogP contribution is -2.42. The predicted octanol–water partition coefficient (Wildman–Crippen LogP) is 6.07. The summed E-state index contributed by atoms with van der Waals surface area (Å²) >= 11 is 0. The Bertz CT molecular complexity index is 779. The third-order valence-electron chi connectivity index (χ3n) is 5.09. The predicted molar refractivity (Wildman–Crippen MR) is 121 cm³/mol. The number of amides is 1. The third-order valence-corrected chi connectivity index (χ3v) is 13.3. The molecule has 0 saturated carbocycles. The molecule has 0 radical (unpaired) electrons. The van der Waals surface area contributed by atoms with Gasteiger partial charge in [0, 0.05) is 0 Å². The Morgan fingerprint density at radius 2 is 1.86 bits per heavy atom. The number of nitrogens with one attached hydrogen (secondary N) is 1. The highest BCUT2D eigenvalue weighted by Crippen LogP contribution is 2.37. The van der Waals surface area contributed by atoms with Gasteiger partial charge in [-0.1, -0.05) is 64.1 Å². The molecule has 3 unspecified atom stereocenters. The fraction of sp³-hybridized carbons (Fsp3) is 0.571. The summed E-state index contributed by atoms with van der Waals surface area (Å²) in [5.74, 6) is 0.366. The van der Waals surface area contributed by atoms with Crippen molar-refractivity contribution in [3.63, 3.8) is 0 Å². The monoisotopic (exact) mass is 424 g/mol. The van der Waals surface area contributed by atoms with Gasteiger partial charge >= 0.3 is 6.09 Å². The standard InChI is InChI=1S/C21H36N2O3SSi/c1-9-13-17(2)16-27(25,23-28(7,8)21(4,5)6)22-20(24)26-18(3)19-14-11-10-12-15-19/h9-12,14-15,17-18H,1,13,16H2,2-8H3,(H,22,23,24,25). The molecule has 158 valence electrons. The zero-order chi connectivity index (χ0) is 21.6. The van der Waals surface area contributed by atoms with Gasteiger partial charge in [0.2, 0.25) is 0 Å². The lowest BCUT2D eigenvalue weighted by atomic mass is 10.1. The summed E-state index contributed by atoms with van der Waals surface area (Å²) in [7, 11) is -5.21. The summed E-state index contributed by atoms with van der Waals surface area (Å²) in [5.41, 5.74) is 0.880. The van der Waals surface area contributed by atoms with E-state index in [1.807, 2.05) is 37.3 Å². The van der Waals surface area contributed by atoms with Crippen LogP contribution in [-0.2, 0) is 14.7 Å². The first-order chi connectivity index (χ1) is 12.8. The van der Waals surface area contributed by atoms with E-state index in [0.29, 0.717) is 6.42 Å². The molecular weight excluding hydrogens is 388 g/mol. The summed E-state index contributed by atoms with van der Waals surface area (Å²) in [4.78, 5) is 12.5. The van der Waals surface area contributed by atoms with Crippen LogP contribution in [0.3, 0.4) is 0 Å². The molecule has 5 nitrogen and oxygen atoms in total. The van der Waals surface area contributed by atoms with Crippen molar-refractivity contribution in [1.29, 1.82) is 0 Å². The Kier molecular flexibility index (Phi) is 8.50. The van der Waals surface area contributed by atoms with Crippen LogP contribution in [-0.4, -0.2) is 24.3 Å². The van der Waals surface area contributed by atoms with Gasteiger partial charge in [-0.3, -0.25) is 4.03 Å². The van der Waals surface area contributed by atoms with Crippen molar-refractivity contribution in [3.8, 4) is 0 Å². The van der Waals surface area contributed by atoms with Crippen molar-refractivity contribution in [1.82, 2.24) is 4.72 Å². The molecule has 1 amide bonds. The molecule has 0 fully saturated rings. The quantitative estimate of drug-likeness (QED) is 0.406. The SMILES string of the molecule is C=CCC(C)CS(=O)(=N[Si](C)(C)C(C)(C)C)NC(=O)OC(C)c1ccccc1. The Morgan fingerprint density at radius 1 is 1.29 bits per heavy atom. The molecule has 0 heterocycles. The average molecular weight is 425 g/mol. The second kappa shape index (κ2) is 9.74. The number of hydrogen-bond acceptors (Lipinski definition) is 4. The summed E-state index contributed by atoms with van der Waals surface area (Å²) in [6, 6.07) is 9.46. The zero-order valence-electron chi connectivity index (χ0n) is 18.3. The maximum Gasteiger partial charge on any atom is 0.420 e. The smallest absolute Gasteiger partial charge is 0.420 e.